The average molecular weight is 736 g/mol. The molecule has 0 unspecified atom stereocenters. The molecule has 5 aromatic rings. The third-order valence-corrected chi connectivity index (χ3v) is 10.0. The zero-order chi connectivity index (χ0) is 38.6. The van der Waals surface area contributed by atoms with E-state index in [-0.39, 0.29) is 58.2 Å². The molecule has 13 heteroatoms. The second kappa shape index (κ2) is 16.0. The lowest BCUT2D eigenvalue weighted by Gasteiger charge is -2.43. The van der Waals surface area contributed by atoms with Crippen molar-refractivity contribution in [1.82, 2.24) is 15.3 Å². The van der Waals surface area contributed by atoms with Crippen LogP contribution in [0.3, 0.4) is 0 Å². The van der Waals surface area contributed by atoms with E-state index in [1.165, 1.54) is 0 Å². The first-order valence-corrected chi connectivity index (χ1v) is 17.8. The maximum Gasteiger partial charge on any atom is 0.334 e. The number of carbonyl (C=O) groups excluding carboxylic acids is 1. The van der Waals surface area contributed by atoms with Crippen LogP contribution in [0.5, 0.6) is 17.2 Å². The summed E-state index contributed by atoms with van der Waals surface area (Å²) in [6.07, 6.45) is 5.56. The van der Waals surface area contributed by atoms with Crippen LogP contribution in [-0.4, -0.2) is 56.6 Å². The SMILES string of the molecule is C/C=C(/CCNC)C(=O)O[C@@H]1Cc2c(c([C@H](Cc3cccc(O)c3)c3ccnc(N)c3)c3oc(CO)cc(=O)c3c2O)O[C@@]1(C)CCc1ccc(N)nc1. The number of fused-ring (bicyclic) bond motifs is 2. The predicted octanol–water partition coefficient (Wildman–Crippen LogP) is 4.82. The van der Waals surface area contributed by atoms with Crippen molar-refractivity contribution in [2.75, 3.05) is 25.1 Å². The number of carbonyl (C=O) groups is 1. The molecule has 0 aliphatic carbocycles. The zero-order valence-electron chi connectivity index (χ0n) is 30.5. The van der Waals surface area contributed by atoms with E-state index in [4.69, 9.17) is 25.4 Å². The highest BCUT2D eigenvalue weighted by atomic mass is 16.6. The third-order valence-electron chi connectivity index (χ3n) is 10.0. The summed E-state index contributed by atoms with van der Waals surface area (Å²) >= 11 is 0. The number of hydrogen-bond acceptors (Lipinski definition) is 13. The normalized spacial score (nSPS) is 17.5. The van der Waals surface area contributed by atoms with E-state index >= 15 is 0 Å². The average Bonchev–Trinajstić information content (AvgIpc) is 3.15. The Hall–Kier alpha value is -5.92. The number of allylic oxidation sites excluding steroid dienone is 1. The van der Waals surface area contributed by atoms with Gasteiger partial charge in [-0.2, -0.15) is 0 Å². The molecule has 54 heavy (non-hydrogen) atoms. The van der Waals surface area contributed by atoms with E-state index in [1.54, 1.807) is 68.8 Å². The van der Waals surface area contributed by atoms with Crippen molar-refractivity contribution in [3.8, 4) is 17.2 Å². The highest BCUT2D eigenvalue weighted by Gasteiger charge is 2.47. The van der Waals surface area contributed by atoms with Crippen molar-refractivity contribution in [3.05, 3.63) is 122 Å². The Kier molecular flexibility index (Phi) is 11.2. The Morgan fingerprint density at radius 2 is 1.93 bits per heavy atom. The van der Waals surface area contributed by atoms with E-state index in [0.717, 1.165) is 17.2 Å². The molecule has 3 atom stereocenters. The zero-order valence-corrected chi connectivity index (χ0v) is 30.5. The van der Waals surface area contributed by atoms with Crippen molar-refractivity contribution in [2.45, 2.75) is 70.2 Å². The fourth-order valence-electron chi connectivity index (χ4n) is 7.05. The maximum absolute atomic E-state index is 13.8. The van der Waals surface area contributed by atoms with Crippen LogP contribution in [0.4, 0.5) is 11.6 Å². The molecule has 4 heterocycles. The molecular formula is C41H45N5O8. The lowest BCUT2D eigenvalue weighted by atomic mass is 9.79. The molecule has 0 bridgehead atoms. The fraction of sp³-hybridized carbons (Fsp3) is 0.317. The van der Waals surface area contributed by atoms with Crippen LogP contribution in [0.2, 0.25) is 0 Å². The molecule has 282 valence electrons. The fourth-order valence-corrected chi connectivity index (χ4v) is 7.05. The van der Waals surface area contributed by atoms with Crippen LogP contribution in [0.25, 0.3) is 11.0 Å². The number of aromatic nitrogens is 2. The number of pyridine rings is 2. The molecular weight excluding hydrogens is 690 g/mol. The molecule has 1 aliphatic rings. The number of nitrogen functional groups attached to an aromatic ring is 2. The lowest BCUT2D eigenvalue weighted by Crippen LogP contribution is -2.52. The second-order valence-electron chi connectivity index (χ2n) is 13.7. The molecule has 2 aromatic carbocycles. The van der Waals surface area contributed by atoms with Crippen LogP contribution in [0, 0.1) is 0 Å². The van der Waals surface area contributed by atoms with Gasteiger partial charge in [-0.05, 0) is 100 Å². The summed E-state index contributed by atoms with van der Waals surface area (Å²) in [6.45, 7) is 3.60. The third kappa shape index (κ3) is 7.87. The second-order valence-corrected chi connectivity index (χ2v) is 13.7. The molecule has 0 saturated heterocycles. The topological polar surface area (TPSA) is 216 Å². The number of nitrogens with one attached hydrogen (secondary N) is 1. The van der Waals surface area contributed by atoms with Crippen molar-refractivity contribution in [1.29, 1.82) is 0 Å². The number of benzene rings is 2. The van der Waals surface area contributed by atoms with E-state index in [2.05, 4.69) is 15.3 Å². The largest absolute Gasteiger partial charge is 0.508 e. The van der Waals surface area contributed by atoms with Crippen molar-refractivity contribution < 1.29 is 34.0 Å². The minimum Gasteiger partial charge on any atom is -0.508 e. The van der Waals surface area contributed by atoms with Gasteiger partial charge in [0.15, 0.2) is 5.43 Å². The molecule has 0 radical (unpaired) electrons. The van der Waals surface area contributed by atoms with Crippen LogP contribution < -0.4 is 26.9 Å². The van der Waals surface area contributed by atoms with Crippen molar-refractivity contribution in [3.63, 3.8) is 0 Å². The van der Waals surface area contributed by atoms with Crippen molar-refractivity contribution >= 4 is 28.6 Å². The number of nitrogens with zero attached hydrogens (tertiary/aromatic N) is 2. The summed E-state index contributed by atoms with van der Waals surface area (Å²) in [5.41, 5.74) is 13.8. The van der Waals surface area contributed by atoms with Gasteiger partial charge in [0.1, 0.15) is 63.9 Å². The van der Waals surface area contributed by atoms with Gasteiger partial charge in [0.25, 0.3) is 0 Å². The molecule has 0 spiro atoms. The first-order chi connectivity index (χ1) is 25.9. The van der Waals surface area contributed by atoms with Crippen LogP contribution in [0.15, 0.2) is 87.9 Å². The number of aryl methyl sites for hydroxylation is 1. The van der Waals surface area contributed by atoms with Gasteiger partial charge in [-0.15, -0.1) is 0 Å². The van der Waals surface area contributed by atoms with Gasteiger partial charge in [0.05, 0.1) is 0 Å². The standard InChI is InChI=1S/C41H45N5O8/c1-4-25(11-14-44-3)40(51)53-32-20-30-37(50)36-31(49)19-28(22-47)52-39(36)35(38(30)54-41(32,2)13-10-23-8-9-33(42)46-21-23)29(26-12-15-45-34(43)18-26)17-24-6-5-7-27(48)16-24/h4-9,12,15-16,18-19,21,29,32,44,47-48,50H,10-11,13-14,17,20,22H2,1-3H3,(H2,42,46)(H2,43,45)/b25-4-/t29-,32-,41+/m1/s1. The highest BCUT2D eigenvalue weighted by Crippen LogP contribution is 2.51. The molecule has 0 fully saturated rings. The number of esters is 1. The number of aliphatic hydroxyl groups is 1. The van der Waals surface area contributed by atoms with Gasteiger partial charge < -0.3 is 46.0 Å². The number of anilines is 2. The van der Waals surface area contributed by atoms with Crippen LogP contribution in [-0.2, 0) is 35.4 Å². The number of nitrogens with two attached hydrogens (primary N) is 2. The molecule has 1 aliphatic heterocycles. The number of aliphatic hydroxyl groups excluding tert-OH is 1. The summed E-state index contributed by atoms with van der Waals surface area (Å²) in [6, 6.07) is 15.0. The van der Waals surface area contributed by atoms with E-state index in [1.807, 2.05) is 19.1 Å². The Morgan fingerprint density at radius 3 is 2.61 bits per heavy atom. The van der Waals surface area contributed by atoms with Gasteiger partial charge in [-0.25, -0.2) is 14.8 Å². The number of rotatable bonds is 13. The molecule has 0 amide bonds. The first kappa shape index (κ1) is 37.8. The smallest absolute Gasteiger partial charge is 0.334 e. The Labute approximate surface area is 312 Å². The van der Waals surface area contributed by atoms with Gasteiger partial charge in [0.2, 0.25) is 0 Å². The highest BCUT2D eigenvalue weighted by molar-refractivity contribution is 5.92. The summed E-state index contributed by atoms with van der Waals surface area (Å²) in [7, 11) is 1.80. The predicted molar refractivity (Wildman–Crippen MR) is 204 cm³/mol. The first-order valence-electron chi connectivity index (χ1n) is 17.8. The lowest BCUT2D eigenvalue weighted by molar-refractivity contribution is -0.159. The number of aromatic hydroxyl groups is 2. The molecule has 0 saturated carbocycles. The Bertz CT molecular complexity index is 2250. The summed E-state index contributed by atoms with van der Waals surface area (Å²) in [4.78, 5) is 35.9. The van der Waals surface area contributed by atoms with E-state index in [0.29, 0.717) is 48.3 Å². The Balaban J connectivity index is 1.59. The summed E-state index contributed by atoms with van der Waals surface area (Å²) in [5, 5.41) is 35.5. The number of phenols is 2. The quantitative estimate of drug-likeness (QED) is 0.0707. The minimum atomic E-state index is -1.19. The molecule has 8 N–H and O–H groups in total. The molecule has 3 aromatic heterocycles. The van der Waals surface area contributed by atoms with Gasteiger partial charge in [-0.3, -0.25) is 4.79 Å². The van der Waals surface area contributed by atoms with Gasteiger partial charge in [0, 0.05) is 47.5 Å². The minimum absolute atomic E-state index is 0.00607. The van der Waals surface area contributed by atoms with Gasteiger partial charge >= 0.3 is 5.97 Å². The monoisotopic (exact) mass is 735 g/mol. The van der Waals surface area contributed by atoms with Crippen LogP contribution in [0.1, 0.15) is 66.2 Å². The summed E-state index contributed by atoms with van der Waals surface area (Å²) in [5.74, 6) is -0.627. The van der Waals surface area contributed by atoms with E-state index in [9.17, 15) is 24.9 Å². The van der Waals surface area contributed by atoms with Gasteiger partial charge in [-0.1, -0.05) is 24.3 Å². The maximum atomic E-state index is 13.8. The van der Waals surface area contributed by atoms with Crippen molar-refractivity contribution in [2.24, 2.45) is 0 Å². The molecule has 6 rings (SSSR count). The Morgan fingerprint density at radius 1 is 1.11 bits per heavy atom. The summed E-state index contributed by atoms with van der Waals surface area (Å²) < 4.78 is 19.6. The number of phenolic OH excluding ortho intramolecular Hbond substituents is 2. The van der Waals surface area contributed by atoms with E-state index < -0.39 is 35.6 Å². The number of ether oxygens (including phenoxy) is 2. The number of hydrogen-bond donors (Lipinski definition) is 6. The van der Waals surface area contributed by atoms with Crippen LogP contribution >= 0.6 is 0 Å². The molecule has 13 nitrogen and oxygen atoms in total.